The normalized spacial score (nSPS) is 14.8. The summed E-state index contributed by atoms with van der Waals surface area (Å²) in [6, 6.07) is 2.97. The Kier molecular flexibility index (Phi) is 3.62. The summed E-state index contributed by atoms with van der Waals surface area (Å²) in [6.45, 7) is 5.46. The molecule has 22 heavy (non-hydrogen) atoms. The molecule has 0 radical (unpaired) electrons. The van der Waals surface area contributed by atoms with Gasteiger partial charge in [-0.25, -0.2) is 4.98 Å². The maximum atomic E-state index is 12.1. The Morgan fingerprint density at radius 2 is 2.09 bits per heavy atom. The Morgan fingerprint density at radius 3 is 2.82 bits per heavy atom. The van der Waals surface area contributed by atoms with E-state index in [9.17, 15) is 15.0 Å². The highest BCUT2D eigenvalue weighted by Crippen LogP contribution is 2.29. The van der Waals surface area contributed by atoms with Crippen molar-refractivity contribution in [2.24, 2.45) is 0 Å². The number of rotatable bonds is 2. The zero-order chi connectivity index (χ0) is 15.9. The molecule has 0 spiro atoms. The van der Waals surface area contributed by atoms with Gasteiger partial charge in [0, 0.05) is 37.7 Å². The summed E-state index contributed by atoms with van der Waals surface area (Å²) in [6.07, 6.45) is 0.720. The molecule has 1 aromatic heterocycles. The lowest BCUT2D eigenvalue weighted by atomic mass is 10.0. The van der Waals surface area contributed by atoms with E-state index in [2.05, 4.69) is 14.9 Å². The molecule has 0 amide bonds. The van der Waals surface area contributed by atoms with E-state index < -0.39 is 0 Å². The molecule has 6 nitrogen and oxygen atoms in total. The molecule has 1 aliphatic rings. The van der Waals surface area contributed by atoms with Crippen molar-refractivity contribution >= 4 is 0 Å². The monoisotopic (exact) mass is 301 g/mol. The molecule has 0 saturated carbocycles. The summed E-state index contributed by atoms with van der Waals surface area (Å²) < 4.78 is 0. The molecule has 2 heterocycles. The van der Waals surface area contributed by atoms with E-state index in [1.165, 1.54) is 6.07 Å². The fourth-order valence-electron chi connectivity index (χ4n) is 2.95. The van der Waals surface area contributed by atoms with Crippen molar-refractivity contribution in [3.63, 3.8) is 0 Å². The Hall–Kier alpha value is -2.34. The Morgan fingerprint density at radius 1 is 1.32 bits per heavy atom. The quantitative estimate of drug-likeness (QED) is 0.779. The van der Waals surface area contributed by atoms with Crippen LogP contribution in [-0.4, -0.2) is 31.6 Å². The smallest absolute Gasteiger partial charge is 0.255 e. The molecule has 0 unspecified atom stereocenters. The number of fused-ring (bicyclic) bond motifs is 1. The van der Waals surface area contributed by atoms with Crippen molar-refractivity contribution in [3.8, 4) is 11.5 Å². The number of aromatic amines is 1. The highest BCUT2D eigenvalue weighted by atomic mass is 16.3. The van der Waals surface area contributed by atoms with Gasteiger partial charge in [0.15, 0.2) is 0 Å². The van der Waals surface area contributed by atoms with Crippen LogP contribution in [-0.2, 0) is 19.5 Å². The van der Waals surface area contributed by atoms with E-state index in [1.807, 2.05) is 6.92 Å². The fraction of sp³-hybridized carbons (Fsp3) is 0.375. The second-order valence-electron chi connectivity index (χ2n) is 5.80. The first-order chi connectivity index (χ1) is 10.4. The van der Waals surface area contributed by atoms with Crippen molar-refractivity contribution in [2.45, 2.75) is 33.4 Å². The van der Waals surface area contributed by atoms with E-state index in [1.54, 1.807) is 13.0 Å². The van der Waals surface area contributed by atoms with Crippen LogP contribution in [0.5, 0.6) is 11.5 Å². The van der Waals surface area contributed by atoms with E-state index in [0.717, 1.165) is 29.8 Å². The fourth-order valence-corrected chi connectivity index (χ4v) is 2.95. The first-order valence-electron chi connectivity index (χ1n) is 7.26. The number of H-pyrrole nitrogens is 1. The minimum Gasteiger partial charge on any atom is -0.508 e. The maximum absolute atomic E-state index is 12.1. The number of nitrogens with one attached hydrogen (secondary N) is 1. The number of phenols is 2. The number of phenolic OH excluding ortho intramolecular Hbond substituents is 2. The zero-order valence-corrected chi connectivity index (χ0v) is 12.7. The molecule has 0 atom stereocenters. The summed E-state index contributed by atoms with van der Waals surface area (Å²) in [5, 5.41) is 19.5. The Balaban J connectivity index is 1.86. The van der Waals surface area contributed by atoms with E-state index in [-0.39, 0.29) is 17.1 Å². The van der Waals surface area contributed by atoms with Gasteiger partial charge in [-0.1, -0.05) is 0 Å². The molecule has 6 heteroatoms. The molecule has 3 N–H and O–H groups in total. The average molecular weight is 301 g/mol. The van der Waals surface area contributed by atoms with Gasteiger partial charge < -0.3 is 15.2 Å². The number of aryl methyl sites for hydroxylation is 2. The van der Waals surface area contributed by atoms with Crippen molar-refractivity contribution in [1.29, 1.82) is 0 Å². The van der Waals surface area contributed by atoms with Crippen LogP contribution in [0.2, 0.25) is 0 Å². The standard InChI is InChI=1S/C16H19N3O3/c1-9-5-11(20)6-15(21)12(9)7-19-4-3-14-13(8-19)16(22)18-10(2)17-14/h5-6,20-21H,3-4,7-8H2,1-2H3,(H,17,18,22). The predicted octanol–water partition coefficient (Wildman–Crippen LogP) is 1.36. The summed E-state index contributed by atoms with van der Waals surface area (Å²) in [5.41, 5.74) is 3.09. The van der Waals surface area contributed by atoms with Crippen molar-refractivity contribution in [1.82, 2.24) is 14.9 Å². The third kappa shape index (κ3) is 2.69. The van der Waals surface area contributed by atoms with Gasteiger partial charge in [-0.05, 0) is 25.5 Å². The van der Waals surface area contributed by atoms with E-state index in [4.69, 9.17) is 0 Å². The Bertz CT molecular complexity index is 760. The third-order valence-corrected chi connectivity index (χ3v) is 4.08. The van der Waals surface area contributed by atoms with Gasteiger partial charge in [-0.3, -0.25) is 9.69 Å². The third-order valence-electron chi connectivity index (χ3n) is 4.08. The van der Waals surface area contributed by atoms with Gasteiger partial charge in [0.2, 0.25) is 0 Å². The molecule has 0 aliphatic carbocycles. The average Bonchev–Trinajstić information content (AvgIpc) is 2.43. The van der Waals surface area contributed by atoms with E-state index in [0.29, 0.717) is 24.5 Å². The first kappa shape index (κ1) is 14.6. The second kappa shape index (κ2) is 5.46. The van der Waals surface area contributed by atoms with Gasteiger partial charge in [-0.2, -0.15) is 0 Å². The molecule has 0 fully saturated rings. The van der Waals surface area contributed by atoms with Crippen molar-refractivity contribution in [2.75, 3.05) is 6.54 Å². The molecule has 3 rings (SSSR count). The van der Waals surface area contributed by atoms with Crippen LogP contribution in [0.1, 0.15) is 28.2 Å². The topological polar surface area (TPSA) is 89.5 Å². The van der Waals surface area contributed by atoms with Crippen molar-refractivity contribution in [3.05, 3.63) is 50.7 Å². The molecular weight excluding hydrogens is 282 g/mol. The predicted molar refractivity (Wildman–Crippen MR) is 81.9 cm³/mol. The van der Waals surface area contributed by atoms with Crippen LogP contribution >= 0.6 is 0 Å². The number of nitrogens with zero attached hydrogens (tertiary/aromatic N) is 2. The van der Waals surface area contributed by atoms with Crippen LogP contribution in [0, 0.1) is 13.8 Å². The Labute approximate surface area is 128 Å². The highest BCUT2D eigenvalue weighted by molar-refractivity contribution is 5.44. The first-order valence-corrected chi connectivity index (χ1v) is 7.26. The summed E-state index contributed by atoms with van der Waals surface area (Å²) in [7, 11) is 0. The van der Waals surface area contributed by atoms with Gasteiger partial charge >= 0.3 is 0 Å². The van der Waals surface area contributed by atoms with Gasteiger partial charge in [0.1, 0.15) is 17.3 Å². The lowest BCUT2D eigenvalue weighted by Gasteiger charge is -2.28. The lowest BCUT2D eigenvalue weighted by molar-refractivity contribution is 0.238. The molecule has 0 saturated heterocycles. The molecule has 1 aliphatic heterocycles. The lowest BCUT2D eigenvalue weighted by Crippen LogP contribution is -2.35. The second-order valence-corrected chi connectivity index (χ2v) is 5.80. The minimum atomic E-state index is -0.0844. The molecule has 2 aromatic rings. The maximum Gasteiger partial charge on any atom is 0.255 e. The molecular formula is C16H19N3O3. The summed E-state index contributed by atoms with van der Waals surface area (Å²) in [4.78, 5) is 21.3. The van der Waals surface area contributed by atoms with Crippen LogP contribution in [0.15, 0.2) is 16.9 Å². The summed E-state index contributed by atoms with van der Waals surface area (Å²) in [5.74, 6) is 0.780. The minimum absolute atomic E-state index is 0.0545. The van der Waals surface area contributed by atoms with Crippen LogP contribution < -0.4 is 5.56 Å². The zero-order valence-electron chi connectivity index (χ0n) is 12.7. The highest BCUT2D eigenvalue weighted by Gasteiger charge is 2.22. The van der Waals surface area contributed by atoms with Gasteiger partial charge in [0.25, 0.3) is 5.56 Å². The van der Waals surface area contributed by atoms with Gasteiger partial charge in [-0.15, -0.1) is 0 Å². The number of hydrogen-bond donors (Lipinski definition) is 3. The van der Waals surface area contributed by atoms with Crippen LogP contribution in [0.3, 0.4) is 0 Å². The summed E-state index contributed by atoms with van der Waals surface area (Å²) >= 11 is 0. The van der Waals surface area contributed by atoms with Gasteiger partial charge in [0.05, 0.1) is 11.3 Å². The largest absolute Gasteiger partial charge is 0.508 e. The molecule has 116 valence electrons. The van der Waals surface area contributed by atoms with Crippen molar-refractivity contribution < 1.29 is 10.2 Å². The van der Waals surface area contributed by atoms with Crippen LogP contribution in [0.25, 0.3) is 0 Å². The van der Waals surface area contributed by atoms with Crippen LogP contribution in [0.4, 0.5) is 0 Å². The number of aromatic nitrogens is 2. The number of hydrogen-bond acceptors (Lipinski definition) is 5. The molecule has 0 bridgehead atoms. The molecule has 1 aromatic carbocycles. The number of aromatic hydroxyl groups is 2. The van der Waals surface area contributed by atoms with E-state index >= 15 is 0 Å². The SMILES string of the molecule is Cc1nc2c(c(=O)[nH]1)CN(Cc1c(C)cc(O)cc1O)CC2. The number of benzene rings is 1.